The summed E-state index contributed by atoms with van der Waals surface area (Å²) < 4.78 is 4.67. The Bertz CT molecular complexity index is 208. The van der Waals surface area contributed by atoms with Gasteiger partial charge in [-0.25, -0.2) is 0 Å². The average molecular weight is 184 g/mol. The second kappa shape index (κ2) is 4.25. The number of carbonyl (C=O) groups excluding carboxylic acids is 1. The van der Waals surface area contributed by atoms with Crippen molar-refractivity contribution in [2.45, 2.75) is 19.8 Å². The fraction of sp³-hybridized carbons (Fsp3) is 0.778. The van der Waals surface area contributed by atoms with Crippen LogP contribution in [0.3, 0.4) is 0 Å². The SMILES string of the molecule is COC(=O)C1CCN(C(C)=N)CC1. The second-order valence-corrected chi connectivity index (χ2v) is 3.37. The number of carbonyl (C=O) groups is 1. The first-order chi connectivity index (χ1) is 6.15. The summed E-state index contributed by atoms with van der Waals surface area (Å²) >= 11 is 0. The molecule has 0 spiro atoms. The molecule has 74 valence electrons. The molecule has 0 aliphatic carbocycles. The van der Waals surface area contributed by atoms with Crippen LogP contribution in [0, 0.1) is 11.3 Å². The zero-order valence-electron chi connectivity index (χ0n) is 8.17. The minimum absolute atomic E-state index is 0.0422. The summed E-state index contributed by atoms with van der Waals surface area (Å²) in [5.41, 5.74) is 0. The lowest BCUT2D eigenvalue weighted by atomic mass is 9.97. The van der Waals surface area contributed by atoms with Crippen LogP contribution in [-0.4, -0.2) is 36.9 Å². The highest BCUT2D eigenvalue weighted by Crippen LogP contribution is 2.18. The number of hydrogen-bond donors (Lipinski definition) is 1. The fourth-order valence-corrected chi connectivity index (χ4v) is 1.62. The largest absolute Gasteiger partial charge is 0.469 e. The van der Waals surface area contributed by atoms with Gasteiger partial charge in [-0.2, -0.15) is 0 Å². The number of hydrogen-bond acceptors (Lipinski definition) is 3. The van der Waals surface area contributed by atoms with Gasteiger partial charge in [0.1, 0.15) is 0 Å². The molecule has 4 heteroatoms. The maximum absolute atomic E-state index is 11.1. The van der Waals surface area contributed by atoms with Crippen LogP contribution in [0.1, 0.15) is 19.8 Å². The molecule has 0 aromatic rings. The van der Waals surface area contributed by atoms with Crippen LogP contribution in [0.25, 0.3) is 0 Å². The summed E-state index contributed by atoms with van der Waals surface area (Å²) in [5, 5.41) is 7.42. The van der Waals surface area contributed by atoms with Gasteiger partial charge in [-0.05, 0) is 19.8 Å². The summed E-state index contributed by atoms with van der Waals surface area (Å²) in [6.45, 7) is 3.38. The molecule has 1 heterocycles. The van der Waals surface area contributed by atoms with E-state index in [-0.39, 0.29) is 11.9 Å². The van der Waals surface area contributed by atoms with E-state index in [1.165, 1.54) is 7.11 Å². The van der Waals surface area contributed by atoms with E-state index >= 15 is 0 Å². The van der Waals surface area contributed by atoms with Crippen molar-refractivity contribution in [1.29, 1.82) is 5.41 Å². The lowest BCUT2D eigenvalue weighted by molar-refractivity contribution is -0.146. The van der Waals surface area contributed by atoms with Gasteiger partial charge >= 0.3 is 5.97 Å². The molecule has 0 radical (unpaired) electrons. The fourth-order valence-electron chi connectivity index (χ4n) is 1.62. The Morgan fingerprint density at radius 1 is 1.46 bits per heavy atom. The molecule has 1 aliphatic heterocycles. The van der Waals surface area contributed by atoms with Crippen molar-refractivity contribution in [3.05, 3.63) is 0 Å². The Labute approximate surface area is 78.4 Å². The number of nitrogens with zero attached hydrogens (tertiary/aromatic N) is 1. The maximum atomic E-state index is 11.1. The van der Waals surface area contributed by atoms with Crippen LogP contribution < -0.4 is 0 Å². The Balaban J connectivity index is 2.39. The summed E-state index contributed by atoms with van der Waals surface area (Å²) in [4.78, 5) is 13.1. The predicted octanol–water partition coefficient (Wildman–Crippen LogP) is 0.869. The molecule has 13 heavy (non-hydrogen) atoms. The molecule has 1 fully saturated rings. The highest BCUT2D eigenvalue weighted by atomic mass is 16.5. The van der Waals surface area contributed by atoms with Crippen LogP contribution in [0.4, 0.5) is 0 Å². The number of methoxy groups -OCH3 is 1. The van der Waals surface area contributed by atoms with E-state index < -0.39 is 0 Å². The van der Waals surface area contributed by atoms with Crippen molar-refractivity contribution in [3.8, 4) is 0 Å². The highest BCUT2D eigenvalue weighted by molar-refractivity contribution is 5.77. The topological polar surface area (TPSA) is 53.4 Å². The van der Waals surface area contributed by atoms with E-state index in [1.807, 2.05) is 4.90 Å². The Hall–Kier alpha value is -1.06. The van der Waals surface area contributed by atoms with Gasteiger partial charge in [-0.15, -0.1) is 0 Å². The summed E-state index contributed by atoms with van der Waals surface area (Å²) in [6, 6.07) is 0. The van der Waals surface area contributed by atoms with Crippen molar-refractivity contribution in [2.75, 3.05) is 20.2 Å². The van der Waals surface area contributed by atoms with Crippen LogP contribution >= 0.6 is 0 Å². The van der Waals surface area contributed by atoms with E-state index in [0.29, 0.717) is 5.84 Å². The van der Waals surface area contributed by atoms with E-state index in [2.05, 4.69) is 4.74 Å². The summed E-state index contributed by atoms with van der Waals surface area (Å²) in [6.07, 6.45) is 1.62. The van der Waals surface area contributed by atoms with Crippen molar-refractivity contribution in [3.63, 3.8) is 0 Å². The van der Waals surface area contributed by atoms with Crippen LogP contribution in [0.5, 0.6) is 0 Å². The molecule has 0 bridgehead atoms. The van der Waals surface area contributed by atoms with E-state index in [4.69, 9.17) is 5.41 Å². The second-order valence-electron chi connectivity index (χ2n) is 3.37. The number of likely N-dealkylation sites (tertiary alicyclic amines) is 1. The van der Waals surface area contributed by atoms with Crippen LogP contribution in [0.2, 0.25) is 0 Å². The lowest BCUT2D eigenvalue weighted by Gasteiger charge is -2.31. The van der Waals surface area contributed by atoms with Crippen molar-refractivity contribution in [2.24, 2.45) is 5.92 Å². The molecule has 1 saturated heterocycles. The van der Waals surface area contributed by atoms with E-state index in [9.17, 15) is 4.79 Å². The summed E-state index contributed by atoms with van der Waals surface area (Å²) in [7, 11) is 1.43. The minimum Gasteiger partial charge on any atom is -0.469 e. The van der Waals surface area contributed by atoms with E-state index in [1.54, 1.807) is 6.92 Å². The standard InChI is InChI=1S/C9H16N2O2/c1-7(10)11-5-3-8(4-6-11)9(12)13-2/h8,10H,3-6H2,1-2H3. The average Bonchev–Trinajstić information content (AvgIpc) is 2.17. The van der Waals surface area contributed by atoms with Crippen molar-refractivity contribution in [1.82, 2.24) is 4.90 Å². The first-order valence-corrected chi connectivity index (χ1v) is 4.53. The molecule has 1 aliphatic rings. The van der Waals surface area contributed by atoms with Gasteiger partial charge in [-0.3, -0.25) is 10.2 Å². The zero-order valence-corrected chi connectivity index (χ0v) is 8.17. The lowest BCUT2D eigenvalue weighted by Crippen LogP contribution is -2.39. The van der Waals surface area contributed by atoms with Crippen molar-refractivity contribution < 1.29 is 9.53 Å². The predicted molar refractivity (Wildman–Crippen MR) is 49.7 cm³/mol. The first-order valence-electron chi connectivity index (χ1n) is 4.53. The molecular formula is C9H16N2O2. The monoisotopic (exact) mass is 184 g/mol. The summed E-state index contributed by atoms with van der Waals surface area (Å²) in [5.74, 6) is 0.520. The molecule has 0 atom stereocenters. The molecule has 1 rings (SSSR count). The Morgan fingerprint density at radius 3 is 2.38 bits per heavy atom. The normalized spacial score (nSPS) is 18.5. The Morgan fingerprint density at radius 2 is 2.00 bits per heavy atom. The zero-order chi connectivity index (χ0) is 9.84. The van der Waals surface area contributed by atoms with Crippen LogP contribution in [-0.2, 0) is 9.53 Å². The number of nitrogens with one attached hydrogen (secondary N) is 1. The van der Waals surface area contributed by atoms with E-state index in [0.717, 1.165) is 25.9 Å². The molecule has 1 N–H and O–H groups in total. The van der Waals surface area contributed by atoms with Gasteiger partial charge in [0.2, 0.25) is 0 Å². The first kappa shape index (κ1) is 10.0. The molecule has 0 aromatic carbocycles. The maximum Gasteiger partial charge on any atom is 0.308 e. The van der Waals surface area contributed by atoms with Crippen LogP contribution in [0.15, 0.2) is 0 Å². The minimum atomic E-state index is -0.109. The van der Waals surface area contributed by atoms with Gasteiger partial charge in [-0.1, -0.05) is 0 Å². The molecule has 0 unspecified atom stereocenters. The van der Waals surface area contributed by atoms with Gasteiger partial charge in [0.15, 0.2) is 0 Å². The molecule has 4 nitrogen and oxygen atoms in total. The highest BCUT2D eigenvalue weighted by Gasteiger charge is 2.25. The van der Waals surface area contributed by atoms with Gasteiger partial charge < -0.3 is 9.64 Å². The number of esters is 1. The molecule has 0 amide bonds. The Kier molecular flexibility index (Phi) is 3.28. The number of rotatable bonds is 1. The quantitative estimate of drug-likeness (QED) is 0.374. The molecule has 0 saturated carbocycles. The van der Waals surface area contributed by atoms with Gasteiger partial charge in [0.05, 0.1) is 18.9 Å². The van der Waals surface area contributed by atoms with Crippen molar-refractivity contribution >= 4 is 11.8 Å². The molecular weight excluding hydrogens is 168 g/mol. The third-order valence-electron chi connectivity index (χ3n) is 2.50. The number of ether oxygens (including phenoxy) is 1. The third kappa shape index (κ3) is 2.44. The van der Waals surface area contributed by atoms with Gasteiger partial charge in [0.25, 0.3) is 0 Å². The van der Waals surface area contributed by atoms with Gasteiger partial charge in [0, 0.05) is 13.1 Å². The number of amidine groups is 1. The molecule has 0 aromatic heterocycles. The third-order valence-corrected chi connectivity index (χ3v) is 2.50. The smallest absolute Gasteiger partial charge is 0.308 e. The number of piperidine rings is 1.